The minimum atomic E-state index is -0.588. The highest BCUT2D eigenvalue weighted by atomic mass is 35.5. The van der Waals surface area contributed by atoms with Crippen molar-refractivity contribution in [2.45, 2.75) is 13.0 Å². The molecule has 0 aromatic heterocycles. The Kier molecular flexibility index (Phi) is 6.61. The topological polar surface area (TPSA) is 68.8 Å². The zero-order valence-electron chi connectivity index (χ0n) is 16.2. The quantitative estimate of drug-likeness (QED) is 0.530. The van der Waals surface area contributed by atoms with Crippen LogP contribution in [0.25, 0.3) is 5.70 Å². The molecular weight excluding hydrogens is 412 g/mol. The summed E-state index contributed by atoms with van der Waals surface area (Å²) in [5.74, 6) is 0.412. The van der Waals surface area contributed by atoms with Gasteiger partial charge >= 0.3 is 5.97 Å². The second-order valence-electron chi connectivity index (χ2n) is 6.14. The lowest BCUT2D eigenvalue weighted by molar-refractivity contribution is -0.138. The summed E-state index contributed by atoms with van der Waals surface area (Å²) in [4.78, 5) is 12.9. The number of hydrogen-bond donors (Lipinski definition) is 2. The second-order valence-corrected chi connectivity index (χ2v) is 6.96. The molecule has 0 unspecified atom stereocenters. The van der Waals surface area contributed by atoms with Gasteiger partial charge in [-0.3, -0.25) is 0 Å². The molecule has 0 saturated carbocycles. The molecule has 6 nitrogen and oxygen atoms in total. The number of esters is 1. The van der Waals surface area contributed by atoms with Gasteiger partial charge in [0.2, 0.25) is 0 Å². The number of halogens is 1. The average Bonchev–Trinajstić information content (AvgIpc) is 2.73. The molecule has 0 bridgehead atoms. The van der Waals surface area contributed by atoms with Gasteiger partial charge in [0.25, 0.3) is 0 Å². The first kappa shape index (κ1) is 21.0. The number of benzene rings is 2. The number of hydrogen-bond acceptors (Lipinski definition) is 5. The van der Waals surface area contributed by atoms with Crippen LogP contribution >= 0.6 is 23.8 Å². The summed E-state index contributed by atoms with van der Waals surface area (Å²) < 4.78 is 16.1. The van der Waals surface area contributed by atoms with Crippen molar-refractivity contribution in [1.82, 2.24) is 10.6 Å². The summed E-state index contributed by atoms with van der Waals surface area (Å²) in [5.41, 5.74) is 2.49. The van der Waals surface area contributed by atoms with E-state index in [2.05, 4.69) is 10.6 Å². The summed E-state index contributed by atoms with van der Waals surface area (Å²) in [6.45, 7) is 2.01. The van der Waals surface area contributed by atoms with Crippen LogP contribution in [-0.2, 0) is 9.53 Å². The summed E-state index contributed by atoms with van der Waals surface area (Å²) in [5, 5.41) is 6.98. The van der Waals surface area contributed by atoms with E-state index in [-0.39, 0.29) is 6.61 Å². The molecule has 3 rings (SSSR count). The van der Waals surface area contributed by atoms with E-state index in [1.54, 1.807) is 19.1 Å². The van der Waals surface area contributed by atoms with Crippen molar-refractivity contribution in [3.05, 3.63) is 64.2 Å². The Labute approximate surface area is 179 Å². The molecule has 0 fully saturated rings. The van der Waals surface area contributed by atoms with Gasteiger partial charge in [-0.05, 0) is 42.4 Å². The van der Waals surface area contributed by atoms with E-state index in [0.717, 1.165) is 5.56 Å². The zero-order chi connectivity index (χ0) is 21.0. The summed E-state index contributed by atoms with van der Waals surface area (Å²) >= 11 is 11.8. The van der Waals surface area contributed by atoms with Gasteiger partial charge in [-0.1, -0.05) is 41.9 Å². The van der Waals surface area contributed by atoms with Gasteiger partial charge in [0.05, 0.1) is 43.2 Å². The van der Waals surface area contributed by atoms with Crippen LogP contribution in [0.15, 0.2) is 48.0 Å². The van der Waals surface area contributed by atoms with E-state index in [1.165, 1.54) is 14.2 Å². The Morgan fingerprint density at radius 1 is 1.17 bits per heavy atom. The smallest absolute Gasteiger partial charge is 0.338 e. The van der Waals surface area contributed by atoms with Crippen molar-refractivity contribution < 1.29 is 19.0 Å². The first-order chi connectivity index (χ1) is 14.0. The highest BCUT2D eigenvalue weighted by Gasteiger charge is 2.34. The zero-order valence-corrected chi connectivity index (χ0v) is 17.8. The third kappa shape index (κ3) is 4.31. The maximum Gasteiger partial charge on any atom is 0.338 e. The molecule has 0 spiro atoms. The van der Waals surface area contributed by atoms with Crippen molar-refractivity contribution >= 4 is 40.6 Å². The van der Waals surface area contributed by atoms with Crippen LogP contribution in [0.4, 0.5) is 0 Å². The predicted molar refractivity (Wildman–Crippen MR) is 116 cm³/mol. The number of ether oxygens (including phenoxy) is 3. The second kappa shape index (κ2) is 9.15. The van der Waals surface area contributed by atoms with E-state index in [1.807, 2.05) is 30.3 Å². The number of carbonyl (C=O) groups is 1. The van der Waals surface area contributed by atoms with E-state index >= 15 is 0 Å². The third-order valence-electron chi connectivity index (χ3n) is 4.42. The van der Waals surface area contributed by atoms with Crippen LogP contribution in [0.3, 0.4) is 0 Å². The fourth-order valence-corrected chi connectivity index (χ4v) is 3.70. The molecule has 1 atom stereocenters. The van der Waals surface area contributed by atoms with Gasteiger partial charge in [0, 0.05) is 0 Å². The van der Waals surface area contributed by atoms with E-state index in [9.17, 15) is 4.79 Å². The highest BCUT2D eigenvalue weighted by molar-refractivity contribution is 7.80. The molecule has 0 aliphatic carbocycles. The van der Waals surface area contributed by atoms with Crippen LogP contribution < -0.4 is 20.1 Å². The van der Waals surface area contributed by atoms with E-state index < -0.39 is 12.0 Å². The Balaban J connectivity index is 2.22. The molecule has 2 aromatic rings. The predicted octanol–water partition coefficient (Wildman–Crippen LogP) is 3.85. The van der Waals surface area contributed by atoms with Crippen LogP contribution in [0.5, 0.6) is 11.5 Å². The van der Waals surface area contributed by atoms with Gasteiger partial charge in [0.1, 0.15) is 0 Å². The average molecular weight is 433 g/mol. The maximum absolute atomic E-state index is 12.9. The molecule has 0 radical (unpaired) electrons. The van der Waals surface area contributed by atoms with Gasteiger partial charge in [-0.25, -0.2) is 4.79 Å². The lowest BCUT2D eigenvalue weighted by Crippen LogP contribution is -2.45. The van der Waals surface area contributed by atoms with Gasteiger partial charge in [-0.15, -0.1) is 0 Å². The van der Waals surface area contributed by atoms with E-state index in [0.29, 0.717) is 38.5 Å². The fourth-order valence-electron chi connectivity index (χ4n) is 3.18. The van der Waals surface area contributed by atoms with Crippen LogP contribution in [0.2, 0.25) is 5.02 Å². The molecule has 1 heterocycles. The maximum atomic E-state index is 12.9. The Bertz CT molecular complexity index is 963. The number of rotatable bonds is 6. The first-order valence-corrected chi connectivity index (χ1v) is 9.74. The van der Waals surface area contributed by atoms with E-state index in [4.69, 9.17) is 38.0 Å². The number of carbonyl (C=O) groups excluding carboxylic acids is 1. The SMILES string of the molecule is CCOC(=O)C1=C(c2ccccc2)NC(=S)N[C@@H]1c1cc(Cl)c(OC)c(OC)c1. The summed E-state index contributed by atoms with van der Waals surface area (Å²) in [6, 6.07) is 12.4. The normalized spacial score (nSPS) is 16.0. The van der Waals surface area contributed by atoms with Crippen molar-refractivity contribution in [3.8, 4) is 11.5 Å². The van der Waals surface area contributed by atoms with Crippen molar-refractivity contribution in [1.29, 1.82) is 0 Å². The number of nitrogens with one attached hydrogen (secondary N) is 2. The Morgan fingerprint density at radius 2 is 1.90 bits per heavy atom. The number of methoxy groups -OCH3 is 2. The largest absolute Gasteiger partial charge is 0.493 e. The third-order valence-corrected chi connectivity index (χ3v) is 4.92. The highest BCUT2D eigenvalue weighted by Crippen LogP contribution is 2.40. The van der Waals surface area contributed by atoms with Crippen LogP contribution in [0, 0.1) is 0 Å². The van der Waals surface area contributed by atoms with Crippen molar-refractivity contribution in [2.75, 3.05) is 20.8 Å². The lowest BCUT2D eigenvalue weighted by Gasteiger charge is -2.31. The first-order valence-electron chi connectivity index (χ1n) is 8.95. The Morgan fingerprint density at radius 3 is 2.52 bits per heavy atom. The minimum absolute atomic E-state index is 0.244. The Hall–Kier alpha value is -2.77. The molecule has 0 amide bonds. The molecule has 1 aliphatic heterocycles. The molecule has 8 heteroatoms. The van der Waals surface area contributed by atoms with Crippen LogP contribution in [-0.4, -0.2) is 31.9 Å². The molecule has 2 aromatic carbocycles. The van der Waals surface area contributed by atoms with Crippen molar-refractivity contribution in [2.24, 2.45) is 0 Å². The molecule has 152 valence electrons. The number of thiocarbonyl (C=S) groups is 1. The molecule has 0 saturated heterocycles. The van der Waals surface area contributed by atoms with Crippen molar-refractivity contribution in [3.63, 3.8) is 0 Å². The monoisotopic (exact) mass is 432 g/mol. The standard InChI is InChI=1S/C21H21ClN2O4S/c1-4-28-20(25)16-17(12-8-6-5-7-9-12)23-21(29)24-18(16)13-10-14(22)19(27-3)15(11-13)26-2/h5-11,18H,4H2,1-3H3,(H2,23,24,29)/t18-/m1/s1. The summed E-state index contributed by atoms with van der Waals surface area (Å²) in [7, 11) is 3.04. The minimum Gasteiger partial charge on any atom is -0.493 e. The molecule has 1 aliphatic rings. The fraction of sp³-hybridized carbons (Fsp3) is 0.238. The van der Waals surface area contributed by atoms with Gasteiger partial charge in [-0.2, -0.15) is 0 Å². The van der Waals surface area contributed by atoms with Gasteiger partial charge in [0.15, 0.2) is 16.6 Å². The molecule has 2 N–H and O–H groups in total. The molecule has 29 heavy (non-hydrogen) atoms. The van der Waals surface area contributed by atoms with Gasteiger partial charge < -0.3 is 24.8 Å². The van der Waals surface area contributed by atoms with Crippen LogP contribution in [0.1, 0.15) is 24.1 Å². The molecular formula is C21H21ClN2O4S. The lowest BCUT2D eigenvalue weighted by atomic mass is 9.92. The summed E-state index contributed by atoms with van der Waals surface area (Å²) in [6.07, 6.45) is 0.